The molecule has 0 fully saturated rings. The van der Waals surface area contributed by atoms with Crippen molar-refractivity contribution >= 4 is 46.7 Å². The fourth-order valence-corrected chi connectivity index (χ4v) is 4.39. The molecule has 0 atom stereocenters. The molecule has 38 heavy (non-hydrogen) atoms. The van der Waals surface area contributed by atoms with E-state index in [1.807, 2.05) is 60.7 Å². The lowest BCUT2D eigenvalue weighted by molar-refractivity contribution is -0.114. The largest absolute Gasteiger partial charge is 0.411 e. The molecule has 3 aromatic carbocycles. The van der Waals surface area contributed by atoms with Crippen LogP contribution in [0.25, 0.3) is 22.9 Å². The van der Waals surface area contributed by atoms with Crippen molar-refractivity contribution in [1.82, 2.24) is 20.4 Å². The van der Waals surface area contributed by atoms with Gasteiger partial charge < -0.3 is 19.5 Å². The van der Waals surface area contributed by atoms with Gasteiger partial charge in [0.15, 0.2) is 0 Å². The van der Waals surface area contributed by atoms with E-state index in [1.165, 1.54) is 0 Å². The predicted octanol–water partition coefficient (Wildman–Crippen LogP) is 5.25. The molecule has 2 N–H and O–H groups in total. The van der Waals surface area contributed by atoms with E-state index >= 15 is 0 Å². The van der Waals surface area contributed by atoms with Crippen LogP contribution in [0.5, 0.6) is 0 Å². The Bertz CT molecular complexity index is 1410. The van der Waals surface area contributed by atoms with Gasteiger partial charge in [-0.1, -0.05) is 72.1 Å². The molecule has 0 saturated heterocycles. The first-order valence-corrected chi connectivity index (χ1v) is 13.3. The maximum atomic E-state index is 12.6. The van der Waals surface area contributed by atoms with Gasteiger partial charge in [-0.3, -0.25) is 9.59 Å². The van der Waals surface area contributed by atoms with Crippen LogP contribution < -0.4 is 10.6 Å². The predicted molar refractivity (Wildman–Crippen MR) is 145 cm³/mol. The van der Waals surface area contributed by atoms with Gasteiger partial charge in [0.2, 0.25) is 23.6 Å². The molecule has 12 heteroatoms. The van der Waals surface area contributed by atoms with Gasteiger partial charge in [0.25, 0.3) is 10.4 Å². The first-order valence-electron chi connectivity index (χ1n) is 11.4. The van der Waals surface area contributed by atoms with Crippen LogP contribution in [0.4, 0.5) is 11.4 Å². The molecular formula is C26H20N6O4S2. The highest BCUT2D eigenvalue weighted by molar-refractivity contribution is 8.00. The third-order valence-corrected chi connectivity index (χ3v) is 6.62. The second-order valence-electron chi connectivity index (χ2n) is 7.70. The number of benzene rings is 3. The summed E-state index contributed by atoms with van der Waals surface area (Å²) in [4.78, 5) is 25.1. The Kier molecular flexibility index (Phi) is 8.11. The average molecular weight is 545 g/mol. The zero-order valence-electron chi connectivity index (χ0n) is 19.7. The number of carbonyl (C=O) groups excluding carboxylic acids is 2. The molecule has 10 nitrogen and oxygen atoms in total. The van der Waals surface area contributed by atoms with Gasteiger partial charge in [-0.05, 0) is 36.4 Å². The third-order valence-electron chi connectivity index (χ3n) is 4.98. The topological polar surface area (TPSA) is 136 Å². The van der Waals surface area contributed by atoms with Crippen molar-refractivity contribution < 1.29 is 18.4 Å². The zero-order chi connectivity index (χ0) is 26.2. The molecule has 190 valence electrons. The number of nitrogens with zero attached hydrogens (tertiary/aromatic N) is 4. The van der Waals surface area contributed by atoms with Crippen LogP contribution in [0.3, 0.4) is 0 Å². The van der Waals surface area contributed by atoms with Crippen molar-refractivity contribution in [3.8, 4) is 22.9 Å². The Hall–Kier alpha value is -4.42. The summed E-state index contributed by atoms with van der Waals surface area (Å²) >= 11 is 2.25. The molecule has 2 amide bonds. The van der Waals surface area contributed by atoms with Crippen LogP contribution in [0.2, 0.25) is 0 Å². The van der Waals surface area contributed by atoms with Crippen molar-refractivity contribution in [3.05, 3.63) is 84.9 Å². The van der Waals surface area contributed by atoms with E-state index in [0.717, 1.165) is 34.7 Å². The SMILES string of the molecule is O=C(CSc1nnc(-c2ccccc2)o1)Nc1ccccc1NC(=O)CSc1nnc(-c2ccccc2)o1. The van der Waals surface area contributed by atoms with Crippen molar-refractivity contribution in [2.24, 2.45) is 0 Å². The average Bonchev–Trinajstić information content (AvgIpc) is 3.63. The van der Waals surface area contributed by atoms with Crippen LogP contribution in [-0.2, 0) is 9.59 Å². The Morgan fingerprint density at radius 2 is 0.974 bits per heavy atom. The summed E-state index contributed by atoms with van der Waals surface area (Å²) in [6.07, 6.45) is 0. The molecule has 0 spiro atoms. The van der Waals surface area contributed by atoms with Gasteiger partial charge in [-0.2, -0.15) is 0 Å². The maximum Gasteiger partial charge on any atom is 0.277 e. The highest BCUT2D eigenvalue weighted by atomic mass is 32.2. The van der Waals surface area contributed by atoms with Crippen LogP contribution >= 0.6 is 23.5 Å². The summed E-state index contributed by atoms with van der Waals surface area (Å²) < 4.78 is 11.2. The molecule has 2 heterocycles. The molecule has 0 bridgehead atoms. The van der Waals surface area contributed by atoms with Crippen molar-refractivity contribution in [2.75, 3.05) is 22.1 Å². The first kappa shape index (κ1) is 25.2. The number of anilines is 2. The number of nitrogens with one attached hydrogen (secondary N) is 2. The summed E-state index contributed by atoms with van der Waals surface area (Å²) in [7, 11) is 0. The Balaban J connectivity index is 1.12. The molecule has 0 aliphatic carbocycles. The number of amides is 2. The smallest absolute Gasteiger partial charge is 0.277 e. The summed E-state index contributed by atoms with van der Waals surface area (Å²) in [5.41, 5.74) is 2.54. The number of para-hydroxylation sites is 2. The molecule has 0 unspecified atom stereocenters. The lowest BCUT2D eigenvalue weighted by Gasteiger charge is -2.11. The van der Waals surface area contributed by atoms with Crippen LogP contribution in [-0.4, -0.2) is 43.7 Å². The number of aromatic nitrogens is 4. The van der Waals surface area contributed by atoms with Crippen molar-refractivity contribution in [2.45, 2.75) is 10.4 Å². The Morgan fingerprint density at radius 1 is 0.579 bits per heavy atom. The van der Waals surface area contributed by atoms with E-state index in [-0.39, 0.29) is 33.8 Å². The van der Waals surface area contributed by atoms with E-state index in [9.17, 15) is 9.59 Å². The molecule has 0 aliphatic heterocycles. The number of hydrogen-bond donors (Lipinski definition) is 2. The number of hydrogen-bond acceptors (Lipinski definition) is 10. The monoisotopic (exact) mass is 544 g/mol. The van der Waals surface area contributed by atoms with Crippen LogP contribution in [0, 0.1) is 0 Å². The lowest BCUT2D eigenvalue weighted by atomic mass is 10.2. The fraction of sp³-hybridized carbons (Fsp3) is 0.0769. The third kappa shape index (κ3) is 6.66. The molecule has 0 saturated carbocycles. The minimum absolute atomic E-state index is 0.0511. The van der Waals surface area contributed by atoms with E-state index in [2.05, 4.69) is 31.0 Å². The van der Waals surface area contributed by atoms with Gasteiger partial charge in [-0.25, -0.2) is 0 Å². The minimum atomic E-state index is -0.287. The van der Waals surface area contributed by atoms with E-state index in [4.69, 9.17) is 8.83 Å². The highest BCUT2D eigenvalue weighted by Gasteiger charge is 2.15. The molecule has 2 aromatic heterocycles. The van der Waals surface area contributed by atoms with E-state index < -0.39 is 0 Å². The summed E-state index contributed by atoms with van der Waals surface area (Å²) in [5, 5.41) is 22.2. The Labute approximate surface area is 225 Å². The van der Waals surface area contributed by atoms with Crippen LogP contribution in [0.15, 0.2) is 104 Å². The van der Waals surface area contributed by atoms with Gasteiger partial charge in [0, 0.05) is 11.1 Å². The quantitative estimate of drug-likeness (QED) is 0.224. The highest BCUT2D eigenvalue weighted by Crippen LogP contribution is 2.26. The number of carbonyl (C=O) groups is 2. The molecule has 5 rings (SSSR count). The van der Waals surface area contributed by atoms with Gasteiger partial charge >= 0.3 is 0 Å². The summed E-state index contributed by atoms with van der Waals surface area (Å²) in [5.74, 6) is 0.299. The van der Waals surface area contributed by atoms with E-state index in [0.29, 0.717) is 23.2 Å². The lowest BCUT2D eigenvalue weighted by Crippen LogP contribution is -2.18. The first-order chi connectivity index (χ1) is 18.6. The van der Waals surface area contributed by atoms with Gasteiger partial charge in [0.05, 0.1) is 22.9 Å². The van der Waals surface area contributed by atoms with Gasteiger partial charge in [0.1, 0.15) is 0 Å². The standard InChI is InChI=1S/C26H20N6O4S2/c33-21(15-37-25-31-29-23(35-25)17-9-3-1-4-10-17)27-19-13-7-8-14-20(19)28-22(34)16-38-26-32-30-24(36-26)18-11-5-2-6-12-18/h1-14H,15-16H2,(H,27,33)(H,28,34). The summed E-state index contributed by atoms with van der Waals surface area (Å²) in [6.45, 7) is 0. The van der Waals surface area contributed by atoms with Crippen molar-refractivity contribution in [1.29, 1.82) is 0 Å². The molecule has 0 aliphatic rings. The maximum absolute atomic E-state index is 12.6. The van der Waals surface area contributed by atoms with E-state index in [1.54, 1.807) is 24.3 Å². The minimum Gasteiger partial charge on any atom is -0.411 e. The van der Waals surface area contributed by atoms with Crippen molar-refractivity contribution in [3.63, 3.8) is 0 Å². The van der Waals surface area contributed by atoms with Crippen LogP contribution in [0.1, 0.15) is 0 Å². The Morgan fingerprint density at radius 3 is 1.39 bits per heavy atom. The second kappa shape index (κ2) is 12.2. The molecular weight excluding hydrogens is 524 g/mol. The second-order valence-corrected chi connectivity index (χ2v) is 9.55. The molecule has 0 radical (unpaired) electrons. The normalized spacial score (nSPS) is 10.7. The molecule has 5 aromatic rings. The number of thioether (sulfide) groups is 2. The zero-order valence-corrected chi connectivity index (χ0v) is 21.4. The fourth-order valence-electron chi connectivity index (χ4n) is 3.26. The van der Waals surface area contributed by atoms with Gasteiger partial charge in [-0.15, -0.1) is 20.4 Å². The number of rotatable bonds is 10. The summed E-state index contributed by atoms with van der Waals surface area (Å²) in [6, 6.07) is 25.7.